The quantitative estimate of drug-likeness (QED) is 0.822. The molecule has 0 saturated carbocycles. The summed E-state index contributed by atoms with van der Waals surface area (Å²) in [4.78, 5) is 15.6. The van der Waals surface area contributed by atoms with E-state index in [0.717, 1.165) is 11.4 Å². The Bertz CT molecular complexity index is 537. The molecule has 2 aromatic rings. The summed E-state index contributed by atoms with van der Waals surface area (Å²) in [6.45, 7) is 2.11. The van der Waals surface area contributed by atoms with E-state index in [-0.39, 0.29) is 5.97 Å². The van der Waals surface area contributed by atoms with Crippen molar-refractivity contribution in [1.29, 1.82) is 0 Å². The van der Waals surface area contributed by atoms with E-state index < -0.39 is 6.04 Å². The van der Waals surface area contributed by atoms with E-state index in [4.69, 9.17) is 10.5 Å². The van der Waals surface area contributed by atoms with Crippen LogP contribution in [-0.4, -0.2) is 28.2 Å². The van der Waals surface area contributed by atoms with Crippen LogP contribution in [0.2, 0.25) is 0 Å². The number of carbonyl (C=O) groups is 1. The molecule has 0 saturated heterocycles. The second kappa shape index (κ2) is 6.15. The lowest BCUT2D eigenvalue weighted by Crippen LogP contribution is -2.34. The molecule has 5 nitrogen and oxygen atoms in total. The Hall–Kier alpha value is -2.14. The fourth-order valence-electron chi connectivity index (χ4n) is 1.89. The van der Waals surface area contributed by atoms with Gasteiger partial charge in [0.25, 0.3) is 0 Å². The van der Waals surface area contributed by atoms with Gasteiger partial charge < -0.3 is 15.0 Å². The Morgan fingerprint density at radius 1 is 1.47 bits per heavy atom. The van der Waals surface area contributed by atoms with Crippen molar-refractivity contribution in [1.82, 2.24) is 9.55 Å². The lowest BCUT2D eigenvalue weighted by atomic mass is 10.1. The molecule has 0 bridgehead atoms. The molecule has 0 amide bonds. The average molecular weight is 259 g/mol. The Balaban J connectivity index is 2.15. The lowest BCUT2D eigenvalue weighted by molar-refractivity contribution is -0.144. The van der Waals surface area contributed by atoms with Crippen LogP contribution >= 0.6 is 0 Å². The third-order valence-electron chi connectivity index (χ3n) is 2.78. The molecule has 19 heavy (non-hydrogen) atoms. The van der Waals surface area contributed by atoms with Crippen molar-refractivity contribution in [2.75, 3.05) is 6.61 Å². The number of carbonyl (C=O) groups excluding carboxylic acids is 1. The molecule has 0 aromatic carbocycles. The van der Waals surface area contributed by atoms with Gasteiger partial charge in [-0.05, 0) is 31.2 Å². The standard InChI is InChI=1S/C14H17N3O2/c1-2-19-14(18)13(15)9-11-6-4-8-17(11)12-5-3-7-16-10-12/h3-8,10,13H,2,9,15H2,1H3. The van der Waals surface area contributed by atoms with Gasteiger partial charge >= 0.3 is 5.97 Å². The van der Waals surface area contributed by atoms with Gasteiger partial charge in [-0.25, -0.2) is 0 Å². The zero-order valence-corrected chi connectivity index (χ0v) is 10.8. The predicted molar refractivity (Wildman–Crippen MR) is 71.9 cm³/mol. The highest BCUT2D eigenvalue weighted by Gasteiger charge is 2.17. The van der Waals surface area contributed by atoms with Crippen LogP contribution in [0, 0.1) is 0 Å². The number of pyridine rings is 1. The minimum Gasteiger partial charge on any atom is -0.465 e. The van der Waals surface area contributed by atoms with Crippen LogP contribution in [0.25, 0.3) is 5.69 Å². The first-order valence-electron chi connectivity index (χ1n) is 6.21. The molecule has 2 aromatic heterocycles. The summed E-state index contributed by atoms with van der Waals surface area (Å²) in [5.41, 5.74) is 7.73. The summed E-state index contributed by atoms with van der Waals surface area (Å²) in [5, 5.41) is 0. The van der Waals surface area contributed by atoms with E-state index in [1.54, 1.807) is 19.3 Å². The van der Waals surface area contributed by atoms with Crippen molar-refractivity contribution in [3.63, 3.8) is 0 Å². The zero-order valence-electron chi connectivity index (χ0n) is 10.8. The van der Waals surface area contributed by atoms with Crippen LogP contribution in [0.4, 0.5) is 0 Å². The summed E-state index contributed by atoms with van der Waals surface area (Å²) in [6, 6.07) is 7.02. The van der Waals surface area contributed by atoms with E-state index in [0.29, 0.717) is 13.0 Å². The first-order valence-corrected chi connectivity index (χ1v) is 6.21. The number of nitrogens with two attached hydrogens (primary N) is 1. The van der Waals surface area contributed by atoms with Crippen LogP contribution < -0.4 is 5.73 Å². The van der Waals surface area contributed by atoms with Gasteiger partial charge in [-0.3, -0.25) is 9.78 Å². The molecule has 0 spiro atoms. The molecule has 2 rings (SSSR count). The van der Waals surface area contributed by atoms with Gasteiger partial charge in [-0.1, -0.05) is 0 Å². The number of rotatable bonds is 5. The van der Waals surface area contributed by atoms with E-state index >= 15 is 0 Å². The van der Waals surface area contributed by atoms with Gasteiger partial charge in [0, 0.05) is 24.5 Å². The fraction of sp³-hybridized carbons (Fsp3) is 0.286. The van der Waals surface area contributed by atoms with Crippen molar-refractivity contribution < 1.29 is 9.53 Å². The molecule has 1 atom stereocenters. The maximum absolute atomic E-state index is 11.5. The number of ether oxygens (including phenoxy) is 1. The summed E-state index contributed by atoms with van der Waals surface area (Å²) < 4.78 is 6.88. The third kappa shape index (κ3) is 3.20. The molecule has 0 radical (unpaired) electrons. The molecule has 1 unspecified atom stereocenters. The second-order valence-corrected chi connectivity index (χ2v) is 4.14. The Kier molecular flexibility index (Phi) is 4.30. The Labute approximate surface area is 112 Å². The van der Waals surface area contributed by atoms with Gasteiger partial charge in [0.05, 0.1) is 18.5 Å². The highest BCUT2D eigenvalue weighted by atomic mass is 16.5. The van der Waals surface area contributed by atoms with Crippen molar-refractivity contribution in [2.24, 2.45) is 5.73 Å². The monoisotopic (exact) mass is 259 g/mol. The summed E-state index contributed by atoms with van der Waals surface area (Å²) >= 11 is 0. The van der Waals surface area contributed by atoms with Gasteiger partial charge in [0.15, 0.2) is 0 Å². The predicted octanol–water partition coefficient (Wildman–Crippen LogP) is 1.31. The molecule has 0 aliphatic heterocycles. The van der Waals surface area contributed by atoms with E-state index in [2.05, 4.69) is 4.98 Å². The second-order valence-electron chi connectivity index (χ2n) is 4.14. The van der Waals surface area contributed by atoms with E-state index in [9.17, 15) is 4.79 Å². The zero-order chi connectivity index (χ0) is 13.7. The normalized spacial score (nSPS) is 12.1. The molecule has 0 aliphatic carbocycles. The van der Waals surface area contributed by atoms with Crippen LogP contribution in [0.5, 0.6) is 0 Å². The Morgan fingerprint density at radius 3 is 3.00 bits per heavy atom. The van der Waals surface area contributed by atoms with Gasteiger partial charge in [-0.2, -0.15) is 0 Å². The van der Waals surface area contributed by atoms with Crippen LogP contribution in [-0.2, 0) is 16.0 Å². The number of hydrogen-bond donors (Lipinski definition) is 1. The smallest absolute Gasteiger partial charge is 0.323 e. The van der Waals surface area contributed by atoms with Crippen molar-refractivity contribution in [3.8, 4) is 5.69 Å². The third-order valence-corrected chi connectivity index (χ3v) is 2.78. The largest absolute Gasteiger partial charge is 0.465 e. The topological polar surface area (TPSA) is 70.1 Å². The first kappa shape index (κ1) is 13.3. The van der Waals surface area contributed by atoms with Crippen LogP contribution in [0.3, 0.4) is 0 Å². The first-order chi connectivity index (χ1) is 9.22. The molecule has 100 valence electrons. The molecule has 0 fully saturated rings. The molecular formula is C14H17N3O2. The highest BCUT2D eigenvalue weighted by molar-refractivity contribution is 5.75. The van der Waals surface area contributed by atoms with Gasteiger partial charge in [0.2, 0.25) is 0 Å². The SMILES string of the molecule is CCOC(=O)C(N)Cc1cccn1-c1cccnc1. The fourth-order valence-corrected chi connectivity index (χ4v) is 1.89. The van der Waals surface area contributed by atoms with Crippen LogP contribution in [0.15, 0.2) is 42.9 Å². The van der Waals surface area contributed by atoms with Crippen LogP contribution in [0.1, 0.15) is 12.6 Å². The lowest BCUT2D eigenvalue weighted by Gasteiger charge is -2.13. The maximum Gasteiger partial charge on any atom is 0.323 e. The highest BCUT2D eigenvalue weighted by Crippen LogP contribution is 2.13. The number of aromatic nitrogens is 2. The number of hydrogen-bond acceptors (Lipinski definition) is 4. The summed E-state index contributed by atoms with van der Waals surface area (Å²) in [6.07, 6.45) is 5.83. The molecule has 2 N–H and O–H groups in total. The minimum absolute atomic E-state index is 0.343. The molecule has 0 aliphatic rings. The molecular weight excluding hydrogens is 242 g/mol. The molecule has 5 heteroatoms. The van der Waals surface area contributed by atoms with Gasteiger partial charge in [-0.15, -0.1) is 0 Å². The number of esters is 1. The van der Waals surface area contributed by atoms with Crippen molar-refractivity contribution in [3.05, 3.63) is 48.5 Å². The summed E-state index contributed by atoms with van der Waals surface area (Å²) in [5.74, 6) is -0.374. The number of nitrogens with zero attached hydrogens (tertiary/aromatic N) is 2. The van der Waals surface area contributed by atoms with Crippen molar-refractivity contribution in [2.45, 2.75) is 19.4 Å². The average Bonchev–Trinajstić information content (AvgIpc) is 2.88. The van der Waals surface area contributed by atoms with E-state index in [1.165, 1.54) is 0 Å². The maximum atomic E-state index is 11.5. The minimum atomic E-state index is -0.648. The van der Waals surface area contributed by atoms with E-state index in [1.807, 2.05) is 35.0 Å². The Morgan fingerprint density at radius 2 is 2.32 bits per heavy atom. The summed E-state index contributed by atoms with van der Waals surface area (Å²) in [7, 11) is 0. The molecule has 2 heterocycles. The van der Waals surface area contributed by atoms with Crippen molar-refractivity contribution >= 4 is 5.97 Å². The van der Waals surface area contributed by atoms with Gasteiger partial charge in [0.1, 0.15) is 6.04 Å².